The Hall–Kier alpha value is -3.51. The molecule has 2 aliphatic heterocycles. The van der Waals surface area contributed by atoms with Crippen molar-refractivity contribution in [3.63, 3.8) is 0 Å². The van der Waals surface area contributed by atoms with Crippen LogP contribution in [0.5, 0.6) is 0 Å². The summed E-state index contributed by atoms with van der Waals surface area (Å²) >= 11 is 0. The molecule has 1 aromatic heterocycles. The molecule has 2 aliphatic rings. The highest BCUT2D eigenvalue weighted by Gasteiger charge is 2.59. The van der Waals surface area contributed by atoms with Gasteiger partial charge in [-0.3, -0.25) is 24.3 Å². The topological polar surface area (TPSA) is 62.7 Å². The Bertz CT molecular complexity index is 1030. The van der Waals surface area contributed by atoms with Gasteiger partial charge in [0.2, 0.25) is 5.91 Å². The Kier molecular flexibility index (Phi) is 4.33. The van der Waals surface area contributed by atoms with Crippen molar-refractivity contribution < 1.29 is 14.4 Å². The Morgan fingerprint density at radius 1 is 0.862 bits per heavy atom. The number of carbonyl (C=O) groups excluding carboxylic acids is 2. The number of benzene rings is 2. The predicted octanol–water partition coefficient (Wildman–Crippen LogP) is 3.13. The molecule has 144 valence electrons. The van der Waals surface area contributed by atoms with Gasteiger partial charge in [0.05, 0.1) is 18.3 Å². The number of likely N-dealkylation sites (tertiary alicyclic amines) is 1. The standard InChI is InChI=1S/C23H19N3O3/c27-22-19-20(17-10-7-13-24-14-17)26(18-11-5-2-6-12-18)29-21(19)23(28)25(22)15-16-8-3-1-4-9-16/h1-14,19-21H,15H2/t19-,20+,21+/m1/s1. The lowest BCUT2D eigenvalue weighted by Gasteiger charge is -2.28. The van der Waals surface area contributed by atoms with Crippen molar-refractivity contribution in [3.05, 3.63) is 96.3 Å². The number of pyridine rings is 1. The molecule has 0 radical (unpaired) electrons. The number of nitrogens with zero attached hydrogens (tertiary/aromatic N) is 3. The molecule has 0 N–H and O–H groups in total. The van der Waals surface area contributed by atoms with Gasteiger partial charge in [-0.05, 0) is 29.3 Å². The quantitative estimate of drug-likeness (QED) is 0.646. The van der Waals surface area contributed by atoms with Crippen molar-refractivity contribution in [1.29, 1.82) is 0 Å². The summed E-state index contributed by atoms with van der Waals surface area (Å²) in [6.07, 6.45) is 2.58. The average molecular weight is 385 g/mol. The van der Waals surface area contributed by atoms with Crippen LogP contribution < -0.4 is 5.06 Å². The maximum Gasteiger partial charge on any atom is 0.262 e. The number of anilines is 1. The number of imide groups is 1. The van der Waals surface area contributed by atoms with Gasteiger partial charge in [-0.15, -0.1) is 0 Å². The van der Waals surface area contributed by atoms with Crippen molar-refractivity contribution in [3.8, 4) is 0 Å². The molecule has 3 aromatic rings. The van der Waals surface area contributed by atoms with E-state index in [9.17, 15) is 9.59 Å². The summed E-state index contributed by atoms with van der Waals surface area (Å²) < 4.78 is 0. The molecule has 0 saturated carbocycles. The van der Waals surface area contributed by atoms with Crippen molar-refractivity contribution in [1.82, 2.24) is 9.88 Å². The number of hydrogen-bond donors (Lipinski definition) is 0. The minimum absolute atomic E-state index is 0.212. The van der Waals surface area contributed by atoms with Crippen molar-refractivity contribution in [2.24, 2.45) is 5.92 Å². The molecular weight excluding hydrogens is 366 g/mol. The van der Waals surface area contributed by atoms with E-state index < -0.39 is 18.1 Å². The largest absolute Gasteiger partial charge is 0.275 e. The van der Waals surface area contributed by atoms with E-state index in [1.807, 2.05) is 72.8 Å². The fourth-order valence-corrected chi connectivity index (χ4v) is 4.08. The first-order chi connectivity index (χ1) is 14.2. The lowest BCUT2D eigenvalue weighted by atomic mass is 9.91. The Morgan fingerprint density at radius 3 is 2.28 bits per heavy atom. The summed E-state index contributed by atoms with van der Waals surface area (Å²) in [7, 11) is 0. The van der Waals surface area contributed by atoms with Crippen LogP contribution in [0.4, 0.5) is 5.69 Å². The van der Waals surface area contributed by atoms with Gasteiger partial charge in [0.1, 0.15) is 5.92 Å². The third-order valence-electron chi connectivity index (χ3n) is 5.43. The van der Waals surface area contributed by atoms with Gasteiger partial charge >= 0.3 is 0 Å². The molecule has 2 aromatic carbocycles. The second-order valence-corrected chi connectivity index (χ2v) is 7.19. The molecule has 29 heavy (non-hydrogen) atoms. The molecule has 0 aliphatic carbocycles. The van der Waals surface area contributed by atoms with Gasteiger partial charge in [-0.2, -0.15) is 0 Å². The summed E-state index contributed by atoms with van der Waals surface area (Å²) in [5, 5.41) is 1.68. The van der Waals surface area contributed by atoms with Crippen LogP contribution in [-0.2, 0) is 21.0 Å². The van der Waals surface area contributed by atoms with Crippen LogP contribution in [-0.4, -0.2) is 27.8 Å². The minimum atomic E-state index is -0.836. The number of carbonyl (C=O) groups is 2. The maximum absolute atomic E-state index is 13.3. The fourth-order valence-electron chi connectivity index (χ4n) is 4.08. The van der Waals surface area contributed by atoms with Crippen LogP contribution in [0.15, 0.2) is 85.2 Å². The van der Waals surface area contributed by atoms with Gasteiger partial charge < -0.3 is 0 Å². The molecule has 0 bridgehead atoms. The van der Waals surface area contributed by atoms with E-state index in [4.69, 9.17) is 4.84 Å². The number of fused-ring (bicyclic) bond motifs is 1. The van der Waals surface area contributed by atoms with E-state index in [2.05, 4.69) is 4.98 Å². The lowest BCUT2D eigenvalue weighted by molar-refractivity contribution is -0.143. The van der Waals surface area contributed by atoms with Crippen LogP contribution in [0.1, 0.15) is 17.2 Å². The molecule has 5 rings (SSSR count). The molecule has 0 unspecified atom stereocenters. The Morgan fingerprint density at radius 2 is 1.59 bits per heavy atom. The van der Waals surface area contributed by atoms with Crippen LogP contribution in [0, 0.1) is 5.92 Å². The summed E-state index contributed by atoms with van der Waals surface area (Å²) in [4.78, 5) is 38.0. The number of hydroxylamine groups is 1. The van der Waals surface area contributed by atoms with Crippen molar-refractivity contribution >= 4 is 17.5 Å². The lowest BCUT2D eigenvalue weighted by Crippen LogP contribution is -2.36. The zero-order valence-corrected chi connectivity index (χ0v) is 15.6. The van der Waals surface area contributed by atoms with Gasteiger partial charge in [0, 0.05) is 12.4 Å². The van der Waals surface area contributed by atoms with E-state index in [1.54, 1.807) is 17.5 Å². The van der Waals surface area contributed by atoms with Crippen LogP contribution in [0.2, 0.25) is 0 Å². The van der Waals surface area contributed by atoms with Crippen molar-refractivity contribution in [2.75, 3.05) is 5.06 Å². The van der Waals surface area contributed by atoms with E-state index in [1.165, 1.54) is 4.90 Å². The minimum Gasteiger partial charge on any atom is -0.275 e. The zero-order valence-electron chi connectivity index (χ0n) is 15.6. The molecule has 0 spiro atoms. The van der Waals surface area contributed by atoms with Crippen LogP contribution >= 0.6 is 0 Å². The summed E-state index contributed by atoms with van der Waals surface area (Å²) in [5.74, 6) is -1.12. The Balaban J connectivity index is 1.52. The predicted molar refractivity (Wildman–Crippen MR) is 106 cm³/mol. The maximum atomic E-state index is 13.3. The molecule has 2 fully saturated rings. The second kappa shape index (κ2) is 7.14. The molecule has 6 heteroatoms. The van der Waals surface area contributed by atoms with E-state index in [-0.39, 0.29) is 18.4 Å². The van der Waals surface area contributed by atoms with Gasteiger partial charge in [-0.1, -0.05) is 54.6 Å². The van der Waals surface area contributed by atoms with E-state index in [0.29, 0.717) is 0 Å². The number of hydrogen-bond acceptors (Lipinski definition) is 5. The third-order valence-corrected chi connectivity index (χ3v) is 5.43. The number of aromatic nitrogens is 1. The molecular formula is C23H19N3O3. The Labute approximate surface area is 168 Å². The summed E-state index contributed by atoms with van der Waals surface area (Å²) in [5.41, 5.74) is 2.55. The highest BCUT2D eigenvalue weighted by Crippen LogP contribution is 2.46. The monoisotopic (exact) mass is 385 g/mol. The van der Waals surface area contributed by atoms with Crippen LogP contribution in [0.3, 0.4) is 0 Å². The van der Waals surface area contributed by atoms with E-state index >= 15 is 0 Å². The zero-order chi connectivity index (χ0) is 19.8. The van der Waals surface area contributed by atoms with Crippen molar-refractivity contribution in [2.45, 2.75) is 18.7 Å². The smallest absolute Gasteiger partial charge is 0.262 e. The van der Waals surface area contributed by atoms with Gasteiger partial charge in [0.15, 0.2) is 6.10 Å². The first-order valence-electron chi connectivity index (χ1n) is 9.54. The molecule has 3 heterocycles. The number of rotatable bonds is 4. The second-order valence-electron chi connectivity index (χ2n) is 7.19. The normalized spacial score (nSPS) is 23.5. The van der Waals surface area contributed by atoms with E-state index in [0.717, 1.165) is 16.8 Å². The summed E-state index contributed by atoms with van der Waals surface area (Å²) in [6, 6.07) is 22.4. The molecule has 3 atom stereocenters. The van der Waals surface area contributed by atoms with Gasteiger partial charge in [-0.25, -0.2) is 5.06 Å². The molecule has 2 amide bonds. The molecule has 6 nitrogen and oxygen atoms in total. The first kappa shape index (κ1) is 17.6. The first-order valence-corrected chi connectivity index (χ1v) is 9.54. The number of para-hydroxylation sites is 1. The molecule has 2 saturated heterocycles. The fraction of sp³-hybridized carbons (Fsp3) is 0.174. The third kappa shape index (κ3) is 2.98. The average Bonchev–Trinajstić information content (AvgIpc) is 3.28. The van der Waals surface area contributed by atoms with Crippen LogP contribution in [0.25, 0.3) is 0 Å². The SMILES string of the molecule is O=C1[C@H]2[C@H](ON(c3ccccc3)[C@H]2c2cccnc2)C(=O)N1Cc1ccccc1. The van der Waals surface area contributed by atoms with Gasteiger partial charge in [0.25, 0.3) is 5.91 Å². The number of amides is 2. The highest BCUT2D eigenvalue weighted by molar-refractivity contribution is 6.07. The summed E-state index contributed by atoms with van der Waals surface area (Å²) in [6.45, 7) is 0.250. The highest BCUT2D eigenvalue weighted by atomic mass is 16.7.